The Morgan fingerprint density at radius 2 is 1.90 bits per heavy atom. The fourth-order valence-electron chi connectivity index (χ4n) is 2.18. The van der Waals surface area contributed by atoms with E-state index >= 15 is 0 Å². The molecule has 0 aromatic heterocycles. The van der Waals surface area contributed by atoms with E-state index in [9.17, 15) is 4.79 Å². The Morgan fingerprint density at radius 3 is 2.50 bits per heavy atom. The Morgan fingerprint density at radius 1 is 1.25 bits per heavy atom. The zero-order valence-electron chi connectivity index (χ0n) is 11.8. The summed E-state index contributed by atoms with van der Waals surface area (Å²) in [6, 6.07) is 9.75. The van der Waals surface area contributed by atoms with Crippen molar-refractivity contribution in [1.29, 1.82) is 5.26 Å². The number of rotatable bonds is 4. The molecule has 1 amide bonds. The van der Waals surface area contributed by atoms with Crippen LogP contribution in [0.2, 0.25) is 0 Å². The molecule has 5 nitrogen and oxygen atoms in total. The number of hydrogen-bond donors (Lipinski definition) is 1. The van der Waals surface area contributed by atoms with Gasteiger partial charge >= 0.3 is 0 Å². The SMILES string of the molecule is CN1CCN(C(=O)CNc2ccc(CC#N)cc2)CC1. The lowest BCUT2D eigenvalue weighted by molar-refractivity contribution is -0.130. The molecular weight excluding hydrogens is 252 g/mol. The quantitative estimate of drug-likeness (QED) is 0.886. The van der Waals surface area contributed by atoms with Crippen LogP contribution in [0.5, 0.6) is 0 Å². The zero-order valence-corrected chi connectivity index (χ0v) is 11.8. The van der Waals surface area contributed by atoms with Crippen LogP contribution in [0, 0.1) is 11.3 Å². The Balaban J connectivity index is 1.79. The van der Waals surface area contributed by atoms with E-state index in [1.165, 1.54) is 0 Å². The van der Waals surface area contributed by atoms with E-state index in [2.05, 4.69) is 23.3 Å². The Kier molecular flexibility index (Phi) is 4.97. The van der Waals surface area contributed by atoms with Gasteiger partial charge in [-0.2, -0.15) is 5.26 Å². The summed E-state index contributed by atoms with van der Waals surface area (Å²) in [5, 5.41) is 11.7. The second kappa shape index (κ2) is 6.92. The van der Waals surface area contributed by atoms with E-state index in [0.717, 1.165) is 37.4 Å². The maximum absolute atomic E-state index is 12.0. The zero-order chi connectivity index (χ0) is 14.4. The molecule has 1 aliphatic rings. The summed E-state index contributed by atoms with van der Waals surface area (Å²) in [6.45, 7) is 3.81. The van der Waals surface area contributed by atoms with Crippen LogP contribution in [0.15, 0.2) is 24.3 Å². The summed E-state index contributed by atoms with van der Waals surface area (Å²) in [6.07, 6.45) is 0.417. The van der Waals surface area contributed by atoms with Crippen molar-refractivity contribution in [2.75, 3.05) is 45.1 Å². The highest BCUT2D eigenvalue weighted by molar-refractivity contribution is 5.81. The molecule has 0 unspecified atom stereocenters. The van der Waals surface area contributed by atoms with Crippen molar-refractivity contribution >= 4 is 11.6 Å². The van der Waals surface area contributed by atoms with Crippen molar-refractivity contribution in [3.05, 3.63) is 29.8 Å². The van der Waals surface area contributed by atoms with Crippen molar-refractivity contribution < 1.29 is 4.79 Å². The van der Waals surface area contributed by atoms with Crippen LogP contribution in [-0.4, -0.2) is 55.5 Å². The van der Waals surface area contributed by atoms with Gasteiger partial charge in [-0.25, -0.2) is 0 Å². The molecule has 1 aromatic carbocycles. The number of carbonyl (C=O) groups excluding carboxylic acids is 1. The van der Waals surface area contributed by atoms with Crippen LogP contribution >= 0.6 is 0 Å². The summed E-state index contributed by atoms with van der Waals surface area (Å²) in [7, 11) is 2.07. The van der Waals surface area contributed by atoms with Gasteiger partial charge in [-0.05, 0) is 24.7 Å². The molecule has 0 bridgehead atoms. The molecular formula is C15H20N4O. The van der Waals surface area contributed by atoms with E-state index in [0.29, 0.717) is 13.0 Å². The second-order valence-corrected chi connectivity index (χ2v) is 5.07. The molecule has 20 heavy (non-hydrogen) atoms. The third-order valence-corrected chi connectivity index (χ3v) is 3.54. The Bertz CT molecular complexity index is 484. The predicted octanol–water partition coefficient (Wildman–Crippen LogP) is 0.939. The first-order chi connectivity index (χ1) is 9.69. The fourth-order valence-corrected chi connectivity index (χ4v) is 2.18. The summed E-state index contributed by atoms with van der Waals surface area (Å²) >= 11 is 0. The van der Waals surface area contributed by atoms with Gasteiger partial charge in [0.15, 0.2) is 0 Å². The standard InChI is InChI=1S/C15H20N4O/c1-18-8-10-19(11-9-18)15(20)12-17-14-4-2-13(3-5-14)6-7-16/h2-5,17H,6,8-12H2,1H3. The highest BCUT2D eigenvalue weighted by Crippen LogP contribution is 2.10. The second-order valence-electron chi connectivity index (χ2n) is 5.07. The number of benzene rings is 1. The molecule has 1 N–H and O–H groups in total. The number of hydrogen-bond acceptors (Lipinski definition) is 4. The third-order valence-electron chi connectivity index (χ3n) is 3.54. The normalized spacial score (nSPS) is 15.7. The monoisotopic (exact) mass is 272 g/mol. The smallest absolute Gasteiger partial charge is 0.241 e. The van der Waals surface area contributed by atoms with Gasteiger partial charge in [-0.3, -0.25) is 4.79 Å². The van der Waals surface area contributed by atoms with Crippen LogP contribution in [-0.2, 0) is 11.2 Å². The fraction of sp³-hybridized carbons (Fsp3) is 0.467. The lowest BCUT2D eigenvalue weighted by Gasteiger charge is -2.32. The highest BCUT2D eigenvalue weighted by Gasteiger charge is 2.18. The molecule has 0 saturated carbocycles. The van der Waals surface area contributed by atoms with Crippen LogP contribution in [0.25, 0.3) is 0 Å². The number of piperazine rings is 1. The van der Waals surface area contributed by atoms with Crippen molar-refractivity contribution in [2.45, 2.75) is 6.42 Å². The maximum Gasteiger partial charge on any atom is 0.241 e. The summed E-state index contributed by atoms with van der Waals surface area (Å²) in [4.78, 5) is 16.2. The van der Waals surface area contributed by atoms with Gasteiger partial charge < -0.3 is 15.1 Å². The summed E-state index contributed by atoms with van der Waals surface area (Å²) in [5.41, 5.74) is 1.90. The molecule has 5 heteroatoms. The minimum atomic E-state index is 0.138. The lowest BCUT2D eigenvalue weighted by Crippen LogP contribution is -2.48. The summed E-state index contributed by atoms with van der Waals surface area (Å²) in [5.74, 6) is 0.138. The van der Waals surface area contributed by atoms with Gasteiger partial charge in [0.2, 0.25) is 5.91 Å². The minimum absolute atomic E-state index is 0.138. The van der Waals surface area contributed by atoms with E-state index in [4.69, 9.17) is 5.26 Å². The average molecular weight is 272 g/mol. The van der Waals surface area contributed by atoms with Gasteiger partial charge in [0.1, 0.15) is 0 Å². The maximum atomic E-state index is 12.0. The van der Waals surface area contributed by atoms with Crippen molar-refractivity contribution in [3.63, 3.8) is 0 Å². The molecule has 2 rings (SSSR count). The number of anilines is 1. The number of nitrogens with zero attached hydrogens (tertiary/aromatic N) is 3. The summed E-state index contributed by atoms with van der Waals surface area (Å²) < 4.78 is 0. The Hall–Kier alpha value is -2.06. The van der Waals surface area contributed by atoms with Crippen LogP contribution in [0.1, 0.15) is 5.56 Å². The molecule has 1 heterocycles. The van der Waals surface area contributed by atoms with Crippen molar-refractivity contribution in [3.8, 4) is 6.07 Å². The van der Waals surface area contributed by atoms with Gasteiger partial charge in [0, 0.05) is 31.9 Å². The van der Waals surface area contributed by atoms with Gasteiger partial charge in [0.25, 0.3) is 0 Å². The Labute approximate surface area is 119 Å². The third kappa shape index (κ3) is 3.97. The van der Waals surface area contributed by atoms with Crippen molar-refractivity contribution in [1.82, 2.24) is 9.80 Å². The molecule has 0 radical (unpaired) electrons. The minimum Gasteiger partial charge on any atom is -0.376 e. The number of nitrogens with one attached hydrogen (secondary N) is 1. The van der Waals surface area contributed by atoms with E-state index in [-0.39, 0.29) is 5.91 Å². The first-order valence-corrected chi connectivity index (χ1v) is 6.85. The van der Waals surface area contributed by atoms with E-state index in [1.807, 2.05) is 29.2 Å². The number of amides is 1. The largest absolute Gasteiger partial charge is 0.376 e. The number of likely N-dealkylation sites (N-methyl/N-ethyl adjacent to an activating group) is 1. The highest BCUT2D eigenvalue weighted by atomic mass is 16.2. The lowest BCUT2D eigenvalue weighted by atomic mass is 10.1. The number of carbonyl (C=O) groups is 1. The molecule has 1 aliphatic heterocycles. The van der Waals surface area contributed by atoms with Crippen LogP contribution in [0.4, 0.5) is 5.69 Å². The first-order valence-electron chi connectivity index (χ1n) is 6.85. The van der Waals surface area contributed by atoms with Crippen molar-refractivity contribution in [2.24, 2.45) is 0 Å². The van der Waals surface area contributed by atoms with Gasteiger partial charge in [-0.1, -0.05) is 12.1 Å². The molecule has 1 saturated heterocycles. The van der Waals surface area contributed by atoms with E-state index in [1.54, 1.807) is 0 Å². The average Bonchev–Trinajstić information content (AvgIpc) is 2.47. The molecule has 0 atom stereocenters. The molecule has 0 aliphatic carbocycles. The molecule has 0 spiro atoms. The van der Waals surface area contributed by atoms with E-state index < -0.39 is 0 Å². The molecule has 1 aromatic rings. The first kappa shape index (κ1) is 14.4. The predicted molar refractivity (Wildman–Crippen MR) is 78.3 cm³/mol. The van der Waals surface area contributed by atoms with Gasteiger partial charge in [0.05, 0.1) is 19.0 Å². The molecule has 1 fully saturated rings. The van der Waals surface area contributed by atoms with Gasteiger partial charge in [-0.15, -0.1) is 0 Å². The molecule has 106 valence electrons. The topological polar surface area (TPSA) is 59.4 Å². The van der Waals surface area contributed by atoms with Crippen LogP contribution < -0.4 is 5.32 Å². The number of nitriles is 1. The van der Waals surface area contributed by atoms with Crippen LogP contribution in [0.3, 0.4) is 0 Å².